The van der Waals surface area contributed by atoms with Gasteiger partial charge in [-0.2, -0.15) is 4.98 Å². The molecule has 2 rings (SSSR count). The van der Waals surface area contributed by atoms with E-state index < -0.39 is 0 Å². The average Bonchev–Trinajstić information content (AvgIpc) is 2.79. The zero-order valence-corrected chi connectivity index (χ0v) is 15.0. The van der Waals surface area contributed by atoms with Crippen LogP contribution in [0.1, 0.15) is 57.5 Å². The van der Waals surface area contributed by atoms with E-state index in [0.717, 1.165) is 24.5 Å². The molecule has 0 aliphatic heterocycles. The lowest BCUT2D eigenvalue weighted by molar-refractivity contribution is 0.107. The van der Waals surface area contributed by atoms with Gasteiger partial charge in [0.2, 0.25) is 5.88 Å². The molecule has 128 valence electrons. The van der Waals surface area contributed by atoms with Crippen LogP contribution in [0.5, 0.6) is 5.88 Å². The molecular weight excluding hydrogens is 286 g/mol. The summed E-state index contributed by atoms with van der Waals surface area (Å²) in [5.41, 5.74) is 7.52. The SMILES string of the molecule is C=CCC[C@H]1C[C@H](CCC)[C@@H](C)[C@H]1Oc1nc(C)nc(C)c1N. The van der Waals surface area contributed by atoms with Crippen molar-refractivity contribution in [1.29, 1.82) is 0 Å². The molecular formula is C19H31N3O. The van der Waals surface area contributed by atoms with E-state index in [-0.39, 0.29) is 6.10 Å². The summed E-state index contributed by atoms with van der Waals surface area (Å²) in [6.45, 7) is 12.2. The molecule has 1 aromatic heterocycles. The molecule has 0 saturated heterocycles. The zero-order valence-electron chi connectivity index (χ0n) is 15.0. The Bertz CT molecular complexity index is 544. The number of rotatable bonds is 7. The summed E-state index contributed by atoms with van der Waals surface area (Å²) in [5, 5.41) is 0. The van der Waals surface area contributed by atoms with E-state index >= 15 is 0 Å². The van der Waals surface area contributed by atoms with Crippen molar-refractivity contribution in [2.75, 3.05) is 5.73 Å². The van der Waals surface area contributed by atoms with Crippen LogP contribution >= 0.6 is 0 Å². The second-order valence-corrected chi connectivity index (χ2v) is 6.93. The third-order valence-electron chi connectivity index (χ3n) is 5.19. The van der Waals surface area contributed by atoms with Crippen molar-refractivity contribution < 1.29 is 4.74 Å². The molecule has 0 unspecified atom stereocenters. The van der Waals surface area contributed by atoms with Crippen LogP contribution in [0.25, 0.3) is 0 Å². The van der Waals surface area contributed by atoms with Crippen LogP contribution in [0, 0.1) is 31.6 Å². The molecule has 1 saturated carbocycles. The number of nitrogens with zero attached hydrogens (tertiary/aromatic N) is 2. The van der Waals surface area contributed by atoms with Gasteiger partial charge in [-0.25, -0.2) is 4.98 Å². The Labute approximate surface area is 140 Å². The Hall–Kier alpha value is -1.58. The summed E-state index contributed by atoms with van der Waals surface area (Å²) in [6, 6.07) is 0. The molecule has 1 heterocycles. The molecule has 1 aliphatic carbocycles. The first-order valence-corrected chi connectivity index (χ1v) is 8.86. The third-order valence-corrected chi connectivity index (χ3v) is 5.19. The first kappa shape index (κ1) is 17.8. The summed E-state index contributed by atoms with van der Waals surface area (Å²) in [5.74, 6) is 3.08. The molecule has 4 heteroatoms. The van der Waals surface area contributed by atoms with Gasteiger partial charge in [0.05, 0.1) is 5.69 Å². The normalized spacial score (nSPS) is 27.1. The number of nitrogens with two attached hydrogens (primary N) is 1. The molecule has 0 aromatic carbocycles. The number of aromatic nitrogens is 2. The molecule has 23 heavy (non-hydrogen) atoms. The summed E-state index contributed by atoms with van der Waals surface area (Å²) in [7, 11) is 0. The Morgan fingerprint density at radius 1 is 1.26 bits per heavy atom. The van der Waals surface area contributed by atoms with Crippen LogP contribution in [0.15, 0.2) is 12.7 Å². The van der Waals surface area contributed by atoms with Crippen molar-refractivity contribution >= 4 is 5.69 Å². The van der Waals surface area contributed by atoms with Crippen LogP contribution < -0.4 is 10.5 Å². The first-order valence-electron chi connectivity index (χ1n) is 8.86. The summed E-state index contributed by atoms with van der Waals surface area (Å²) in [6.07, 6.45) is 8.07. The standard InChI is InChI=1S/C19H31N3O/c1-6-8-10-16-11-15(9-7-2)12(3)18(16)23-19-17(20)13(4)21-14(5)22-19/h6,12,15-16,18H,1,7-11,20H2,2-5H3/t12-,15+,16+,18-/m1/s1. The number of allylic oxidation sites excluding steroid dienone is 1. The smallest absolute Gasteiger partial charge is 0.241 e. The molecule has 0 amide bonds. The highest BCUT2D eigenvalue weighted by molar-refractivity contribution is 5.51. The van der Waals surface area contributed by atoms with Crippen molar-refractivity contribution in [3.63, 3.8) is 0 Å². The lowest BCUT2D eigenvalue weighted by Crippen LogP contribution is -2.29. The van der Waals surface area contributed by atoms with E-state index in [0.29, 0.717) is 29.2 Å². The number of nitrogen functional groups attached to an aromatic ring is 1. The molecule has 1 fully saturated rings. The van der Waals surface area contributed by atoms with E-state index in [1.165, 1.54) is 19.3 Å². The number of anilines is 1. The zero-order chi connectivity index (χ0) is 17.0. The van der Waals surface area contributed by atoms with Gasteiger partial charge in [0, 0.05) is 0 Å². The minimum atomic E-state index is 0.183. The topological polar surface area (TPSA) is 61.0 Å². The minimum absolute atomic E-state index is 0.183. The van der Waals surface area contributed by atoms with Gasteiger partial charge in [-0.1, -0.05) is 32.8 Å². The monoisotopic (exact) mass is 317 g/mol. The maximum absolute atomic E-state index is 6.36. The van der Waals surface area contributed by atoms with Crippen LogP contribution in [-0.2, 0) is 0 Å². The molecule has 1 aliphatic rings. The quantitative estimate of drug-likeness (QED) is 0.754. The van der Waals surface area contributed by atoms with Gasteiger partial charge >= 0.3 is 0 Å². The largest absolute Gasteiger partial charge is 0.472 e. The van der Waals surface area contributed by atoms with Crippen molar-refractivity contribution in [1.82, 2.24) is 9.97 Å². The average molecular weight is 317 g/mol. The van der Waals surface area contributed by atoms with Crippen LogP contribution in [0.4, 0.5) is 5.69 Å². The second-order valence-electron chi connectivity index (χ2n) is 6.93. The van der Waals surface area contributed by atoms with Crippen LogP contribution in [-0.4, -0.2) is 16.1 Å². The van der Waals surface area contributed by atoms with Gasteiger partial charge in [-0.05, 0) is 50.9 Å². The number of hydrogen-bond acceptors (Lipinski definition) is 4. The van der Waals surface area contributed by atoms with Crippen LogP contribution in [0.3, 0.4) is 0 Å². The van der Waals surface area contributed by atoms with Crippen molar-refractivity contribution in [3.05, 3.63) is 24.2 Å². The van der Waals surface area contributed by atoms with Gasteiger partial charge in [0.25, 0.3) is 0 Å². The Kier molecular flexibility index (Phi) is 6.03. The first-order chi connectivity index (χ1) is 11.0. The molecule has 0 spiro atoms. The Balaban J connectivity index is 2.21. The molecule has 0 radical (unpaired) electrons. The highest BCUT2D eigenvalue weighted by Crippen LogP contribution is 2.43. The fraction of sp³-hybridized carbons (Fsp3) is 0.684. The maximum atomic E-state index is 6.36. The minimum Gasteiger partial charge on any atom is -0.472 e. The van der Waals surface area contributed by atoms with Gasteiger partial charge in [-0.3, -0.25) is 0 Å². The third kappa shape index (κ3) is 4.04. The van der Waals surface area contributed by atoms with E-state index in [4.69, 9.17) is 10.5 Å². The number of aryl methyl sites for hydroxylation is 2. The van der Waals surface area contributed by atoms with Gasteiger partial charge in [-0.15, -0.1) is 6.58 Å². The number of ether oxygens (including phenoxy) is 1. The number of hydrogen-bond donors (Lipinski definition) is 1. The summed E-state index contributed by atoms with van der Waals surface area (Å²) < 4.78 is 6.36. The predicted octanol–water partition coefficient (Wildman–Crippen LogP) is 4.46. The van der Waals surface area contributed by atoms with E-state index in [9.17, 15) is 0 Å². The van der Waals surface area contributed by atoms with Gasteiger partial charge < -0.3 is 10.5 Å². The lowest BCUT2D eigenvalue weighted by atomic mass is 9.93. The van der Waals surface area contributed by atoms with Gasteiger partial charge in [0.1, 0.15) is 17.6 Å². The highest BCUT2D eigenvalue weighted by atomic mass is 16.5. The predicted molar refractivity (Wildman–Crippen MR) is 95.4 cm³/mol. The molecule has 1 aromatic rings. The Morgan fingerprint density at radius 3 is 2.65 bits per heavy atom. The van der Waals surface area contributed by atoms with Crippen molar-refractivity contribution in [2.24, 2.45) is 17.8 Å². The second kappa shape index (κ2) is 7.80. The fourth-order valence-electron chi connectivity index (χ4n) is 3.91. The van der Waals surface area contributed by atoms with E-state index in [2.05, 4.69) is 30.4 Å². The molecule has 0 bridgehead atoms. The fourth-order valence-corrected chi connectivity index (χ4v) is 3.91. The van der Waals surface area contributed by atoms with Gasteiger partial charge in [0.15, 0.2) is 0 Å². The summed E-state index contributed by atoms with van der Waals surface area (Å²) in [4.78, 5) is 8.75. The maximum Gasteiger partial charge on any atom is 0.241 e. The van der Waals surface area contributed by atoms with E-state index in [1.807, 2.05) is 19.9 Å². The molecule has 2 N–H and O–H groups in total. The highest BCUT2D eigenvalue weighted by Gasteiger charge is 2.41. The van der Waals surface area contributed by atoms with Crippen molar-refractivity contribution in [3.8, 4) is 5.88 Å². The molecule has 4 atom stereocenters. The lowest BCUT2D eigenvalue weighted by Gasteiger charge is -2.25. The van der Waals surface area contributed by atoms with E-state index in [1.54, 1.807) is 0 Å². The molecule has 4 nitrogen and oxygen atoms in total. The van der Waals surface area contributed by atoms with Crippen molar-refractivity contribution in [2.45, 2.75) is 65.9 Å². The summed E-state index contributed by atoms with van der Waals surface area (Å²) >= 11 is 0. The van der Waals surface area contributed by atoms with Crippen LogP contribution in [0.2, 0.25) is 0 Å². The Morgan fingerprint density at radius 2 is 2.00 bits per heavy atom.